The summed E-state index contributed by atoms with van der Waals surface area (Å²) in [5.41, 5.74) is 5.24. The second-order valence-electron chi connectivity index (χ2n) is 4.29. The van der Waals surface area contributed by atoms with E-state index in [-0.39, 0.29) is 5.91 Å². The van der Waals surface area contributed by atoms with Crippen LogP contribution in [0.2, 0.25) is 0 Å². The fourth-order valence-corrected chi connectivity index (χ4v) is 2.51. The van der Waals surface area contributed by atoms with Gasteiger partial charge in [0, 0.05) is 48.6 Å². The minimum absolute atomic E-state index is 0.0172. The van der Waals surface area contributed by atoms with Crippen molar-refractivity contribution in [3.63, 3.8) is 0 Å². The molecule has 0 aliphatic carbocycles. The van der Waals surface area contributed by atoms with Crippen molar-refractivity contribution in [2.75, 3.05) is 37.8 Å². The molecule has 5 nitrogen and oxygen atoms in total. The predicted octanol–water partition coefficient (Wildman–Crippen LogP) is -0.373. The Labute approximate surface area is 105 Å². The summed E-state index contributed by atoms with van der Waals surface area (Å²) >= 11 is 0. The molecule has 1 unspecified atom stereocenters. The van der Waals surface area contributed by atoms with Crippen LogP contribution in [0.1, 0.15) is 19.8 Å². The number of ether oxygens (including phenoxy) is 1. The molecule has 6 heteroatoms. The molecule has 3 N–H and O–H groups in total. The molecule has 0 bridgehead atoms. The predicted molar refractivity (Wildman–Crippen MR) is 68.1 cm³/mol. The van der Waals surface area contributed by atoms with Crippen LogP contribution in [-0.2, 0) is 20.3 Å². The highest BCUT2D eigenvalue weighted by molar-refractivity contribution is 7.84. The van der Waals surface area contributed by atoms with E-state index in [2.05, 4.69) is 5.32 Å². The summed E-state index contributed by atoms with van der Waals surface area (Å²) in [6.07, 6.45) is 1.35. The second-order valence-corrected chi connectivity index (χ2v) is 6.15. The van der Waals surface area contributed by atoms with Crippen LogP contribution in [-0.4, -0.2) is 47.9 Å². The van der Waals surface area contributed by atoms with Crippen LogP contribution >= 0.6 is 0 Å². The number of rotatable bonds is 6. The fraction of sp³-hybridized carbons (Fsp3) is 0.909. The fourth-order valence-electron chi connectivity index (χ4n) is 1.90. The van der Waals surface area contributed by atoms with Crippen molar-refractivity contribution < 1.29 is 13.7 Å². The number of nitrogens with two attached hydrogens (primary N) is 1. The van der Waals surface area contributed by atoms with Gasteiger partial charge in [-0.05, 0) is 12.8 Å². The Morgan fingerprint density at radius 3 is 2.65 bits per heavy atom. The Balaban J connectivity index is 2.41. The first-order chi connectivity index (χ1) is 8.14. The number of hydrogen-bond acceptors (Lipinski definition) is 4. The van der Waals surface area contributed by atoms with Crippen molar-refractivity contribution in [1.82, 2.24) is 5.32 Å². The monoisotopic (exact) mass is 262 g/mol. The van der Waals surface area contributed by atoms with Crippen molar-refractivity contribution in [2.45, 2.75) is 19.8 Å². The summed E-state index contributed by atoms with van der Waals surface area (Å²) in [5, 5.41) is 2.84. The topological polar surface area (TPSA) is 81.4 Å². The van der Waals surface area contributed by atoms with Gasteiger partial charge >= 0.3 is 0 Å². The van der Waals surface area contributed by atoms with Gasteiger partial charge in [-0.1, -0.05) is 6.92 Å². The zero-order chi connectivity index (χ0) is 12.7. The Morgan fingerprint density at radius 2 is 2.12 bits per heavy atom. The van der Waals surface area contributed by atoms with Crippen molar-refractivity contribution in [3.05, 3.63) is 0 Å². The van der Waals surface area contributed by atoms with Gasteiger partial charge in [0.2, 0.25) is 5.91 Å². The molecule has 1 fully saturated rings. The smallest absolute Gasteiger partial charge is 0.227 e. The van der Waals surface area contributed by atoms with E-state index in [4.69, 9.17) is 10.5 Å². The molecule has 0 saturated carbocycles. The lowest BCUT2D eigenvalue weighted by atomic mass is 9.79. The number of carbonyl (C=O) groups excluding carboxylic acids is 1. The summed E-state index contributed by atoms with van der Waals surface area (Å²) in [7, 11) is -0.835. The van der Waals surface area contributed by atoms with Gasteiger partial charge in [0.1, 0.15) is 0 Å². The van der Waals surface area contributed by atoms with Crippen LogP contribution in [0.25, 0.3) is 0 Å². The second kappa shape index (κ2) is 7.08. The van der Waals surface area contributed by atoms with Gasteiger partial charge < -0.3 is 15.8 Å². The maximum atomic E-state index is 12.1. The molecule has 0 radical (unpaired) electrons. The molecular formula is C11H22N2O3S. The lowest BCUT2D eigenvalue weighted by molar-refractivity contribution is -0.135. The van der Waals surface area contributed by atoms with Crippen LogP contribution in [0.4, 0.5) is 0 Å². The highest BCUT2D eigenvalue weighted by Crippen LogP contribution is 2.29. The summed E-state index contributed by atoms with van der Waals surface area (Å²) in [4.78, 5) is 12.1. The molecule has 0 aromatic heterocycles. The molecule has 1 aliphatic heterocycles. The third kappa shape index (κ3) is 4.04. The Morgan fingerprint density at radius 1 is 1.47 bits per heavy atom. The summed E-state index contributed by atoms with van der Waals surface area (Å²) in [5.74, 6) is 1.13. The van der Waals surface area contributed by atoms with E-state index in [0.717, 1.165) is 0 Å². The SMILES string of the molecule is CCS(=O)CCNC(=O)C1(CN)CCOCC1. The molecule has 1 rings (SSSR count). The standard InChI is InChI=1S/C11H22N2O3S/c1-2-17(15)8-5-13-10(14)11(9-12)3-6-16-7-4-11/h2-9,12H2,1H3,(H,13,14). The molecule has 0 aromatic rings. The lowest BCUT2D eigenvalue weighted by Crippen LogP contribution is -2.49. The Hall–Kier alpha value is -0.460. The average Bonchev–Trinajstić information content (AvgIpc) is 2.39. The minimum Gasteiger partial charge on any atom is -0.381 e. The third-order valence-electron chi connectivity index (χ3n) is 3.26. The van der Waals surface area contributed by atoms with Crippen molar-refractivity contribution in [3.8, 4) is 0 Å². The van der Waals surface area contributed by atoms with Crippen LogP contribution in [0, 0.1) is 5.41 Å². The molecule has 0 spiro atoms. The van der Waals surface area contributed by atoms with Gasteiger partial charge in [-0.3, -0.25) is 9.00 Å². The minimum atomic E-state index is -0.835. The number of carbonyl (C=O) groups is 1. The summed E-state index contributed by atoms with van der Waals surface area (Å²) < 4.78 is 16.5. The highest BCUT2D eigenvalue weighted by atomic mass is 32.2. The van der Waals surface area contributed by atoms with E-state index in [1.54, 1.807) is 0 Å². The first kappa shape index (κ1) is 14.6. The summed E-state index contributed by atoms with van der Waals surface area (Å²) in [6.45, 7) is 3.86. The van der Waals surface area contributed by atoms with Gasteiger partial charge in [-0.2, -0.15) is 0 Å². The molecule has 1 atom stereocenters. The number of amides is 1. The molecule has 0 aromatic carbocycles. The van der Waals surface area contributed by atoms with Gasteiger partial charge in [-0.25, -0.2) is 0 Å². The van der Waals surface area contributed by atoms with Gasteiger partial charge in [-0.15, -0.1) is 0 Å². The maximum Gasteiger partial charge on any atom is 0.227 e. The van der Waals surface area contributed by atoms with Gasteiger partial charge in [0.25, 0.3) is 0 Å². The van der Waals surface area contributed by atoms with Crippen LogP contribution < -0.4 is 11.1 Å². The van der Waals surface area contributed by atoms with E-state index in [1.165, 1.54) is 0 Å². The summed E-state index contributed by atoms with van der Waals surface area (Å²) in [6, 6.07) is 0. The molecule has 1 heterocycles. The maximum absolute atomic E-state index is 12.1. The average molecular weight is 262 g/mol. The van der Waals surface area contributed by atoms with E-state index in [0.29, 0.717) is 50.7 Å². The number of nitrogens with one attached hydrogen (secondary N) is 1. The van der Waals surface area contributed by atoms with E-state index < -0.39 is 16.2 Å². The van der Waals surface area contributed by atoms with Crippen molar-refractivity contribution >= 4 is 16.7 Å². The van der Waals surface area contributed by atoms with Crippen LogP contribution in [0.15, 0.2) is 0 Å². The molecular weight excluding hydrogens is 240 g/mol. The van der Waals surface area contributed by atoms with Gasteiger partial charge in [0.05, 0.1) is 5.41 Å². The highest BCUT2D eigenvalue weighted by Gasteiger charge is 2.38. The largest absolute Gasteiger partial charge is 0.381 e. The van der Waals surface area contributed by atoms with E-state index in [1.807, 2.05) is 6.92 Å². The van der Waals surface area contributed by atoms with E-state index in [9.17, 15) is 9.00 Å². The molecule has 1 amide bonds. The quantitative estimate of drug-likeness (QED) is 0.684. The van der Waals surface area contributed by atoms with Crippen molar-refractivity contribution in [1.29, 1.82) is 0 Å². The zero-order valence-electron chi connectivity index (χ0n) is 10.4. The molecule has 100 valence electrons. The lowest BCUT2D eigenvalue weighted by Gasteiger charge is -2.34. The van der Waals surface area contributed by atoms with Crippen LogP contribution in [0.3, 0.4) is 0 Å². The first-order valence-corrected chi connectivity index (χ1v) is 7.54. The van der Waals surface area contributed by atoms with Crippen molar-refractivity contribution in [2.24, 2.45) is 11.1 Å². The third-order valence-corrected chi connectivity index (χ3v) is 4.56. The number of hydrogen-bond donors (Lipinski definition) is 2. The van der Waals surface area contributed by atoms with Gasteiger partial charge in [0.15, 0.2) is 0 Å². The molecule has 1 aliphatic rings. The zero-order valence-corrected chi connectivity index (χ0v) is 11.2. The Kier molecular flexibility index (Phi) is 6.08. The van der Waals surface area contributed by atoms with Crippen LogP contribution in [0.5, 0.6) is 0 Å². The molecule has 1 saturated heterocycles. The Bertz CT molecular complexity index is 278. The molecule has 17 heavy (non-hydrogen) atoms. The normalized spacial score (nSPS) is 20.8. The van der Waals surface area contributed by atoms with E-state index >= 15 is 0 Å². The first-order valence-electron chi connectivity index (χ1n) is 6.06.